The fourth-order valence-electron chi connectivity index (χ4n) is 3.10. The topological polar surface area (TPSA) is 105 Å². The quantitative estimate of drug-likeness (QED) is 0.605. The maximum Gasteiger partial charge on any atom is 0.186 e. The van der Waals surface area contributed by atoms with Gasteiger partial charge in [-0.2, -0.15) is 0 Å². The first-order chi connectivity index (χ1) is 10.1. The van der Waals surface area contributed by atoms with Gasteiger partial charge in [-0.1, -0.05) is 30.3 Å². The summed E-state index contributed by atoms with van der Waals surface area (Å²) < 4.78 is 0. The Hall–Kier alpha value is -2.04. The Morgan fingerprint density at radius 1 is 1.19 bits per heavy atom. The Morgan fingerprint density at radius 2 is 1.81 bits per heavy atom. The molecule has 1 saturated carbocycles. The van der Waals surface area contributed by atoms with Crippen molar-refractivity contribution in [2.45, 2.75) is 38.1 Å². The van der Waals surface area contributed by atoms with Crippen LogP contribution in [0.1, 0.15) is 31.2 Å². The van der Waals surface area contributed by atoms with Crippen LogP contribution in [-0.4, -0.2) is 18.0 Å². The van der Waals surface area contributed by atoms with Crippen molar-refractivity contribution in [2.24, 2.45) is 28.3 Å². The van der Waals surface area contributed by atoms with Gasteiger partial charge in [0.05, 0.1) is 6.04 Å². The van der Waals surface area contributed by atoms with Crippen LogP contribution in [0.25, 0.3) is 0 Å². The molecule has 5 heteroatoms. The molecule has 4 N–H and O–H groups in total. The Labute approximate surface area is 125 Å². The zero-order valence-electron chi connectivity index (χ0n) is 12.1. The van der Waals surface area contributed by atoms with Gasteiger partial charge in [-0.25, -0.2) is 4.99 Å². The molecular weight excluding hydrogens is 266 g/mol. The summed E-state index contributed by atoms with van der Waals surface area (Å²) in [6.07, 6.45) is 3.73. The van der Waals surface area contributed by atoms with Crippen molar-refractivity contribution in [3.63, 3.8) is 0 Å². The summed E-state index contributed by atoms with van der Waals surface area (Å²) in [6.45, 7) is 0. The van der Waals surface area contributed by atoms with Gasteiger partial charge in [0.15, 0.2) is 5.96 Å². The van der Waals surface area contributed by atoms with E-state index in [2.05, 4.69) is 17.1 Å². The smallest absolute Gasteiger partial charge is 0.186 e. The summed E-state index contributed by atoms with van der Waals surface area (Å²) >= 11 is 0. The summed E-state index contributed by atoms with van der Waals surface area (Å²) in [5, 5.41) is 10.9. The molecule has 1 aliphatic rings. The minimum atomic E-state index is -0.935. The minimum Gasteiger partial charge on any atom is -0.550 e. The summed E-state index contributed by atoms with van der Waals surface area (Å²) in [6, 6.07) is 10.1. The van der Waals surface area contributed by atoms with E-state index < -0.39 is 5.97 Å². The van der Waals surface area contributed by atoms with E-state index in [1.54, 1.807) is 0 Å². The molecule has 1 fully saturated rings. The number of benzene rings is 1. The molecule has 2 rings (SSSR count). The van der Waals surface area contributed by atoms with Gasteiger partial charge in [0.25, 0.3) is 0 Å². The standard InChI is InChI=1S/C16H23N3O2/c17-16(18)19-14(10-11-4-2-1-3-5-11)12-6-8-13(9-7-12)15(20)21/h1-5,12-14H,6-10H2,(H,20,21)(H4,17,18,19)/p-1. The molecule has 21 heavy (non-hydrogen) atoms. The Kier molecular flexibility index (Phi) is 5.20. The van der Waals surface area contributed by atoms with E-state index in [0.29, 0.717) is 18.8 Å². The van der Waals surface area contributed by atoms with Crippen LogP contribution in [0, 0.1) is 11.8 Å². The number of hydrogen-bond donors (Lipinski definition) is 2. The van der Waals surface area contributed by atoms with Crippen LogP contribution in [0.5, 0.6) is 0 Å². The summed E-state index contributed by atoms with van der Waals surface area (Å²) in [4.78, 5) is 15.3. The minimum absolute atomic E-state index is 0.0140. The van der Waals surface area contributed by atoms with Crippen LogP contribution in [0.2, 0.25) is 0 Å². The van der Waals surface area contributed by atoms with Crippen LogP contribution < -0.4 is 16.6 Å². The first kappa shape index (κ1) is 15.4. The first-order valence-electron chi connectivity index (χ1n) is 7.39. The normalized spacial score (nSPS) is 23.2. The predicted molar refractivity (Wildman–Crippen MR) is 80.2 cm³/mol. The number of guanidine groups is 1. The van der Waals surface area contributed by atoms with E-state index in [1.165, 1.54) is 5.56 Å². The van der Waals surface area contributed by atoms with Crippen molar-refractivity contribution < 1.29 is 9.90 Å². The van der Waals surface area contributed by atoms with Crippen LogP contribution in [0.4, 0.5) is 0 Å². The lowest BCUT2D eigenvalue weighted by Crippen LogP contribution is -2.37. The van der Waals surface area contributed by atoms with Crippen LogP contribution in [0.3, 0.4) is 0 Å². The third-order valence-corrected chi connectivity index (χ3v) is 4.25. The molecule has 1 atom stereocenters. The van der Waals surface area contributed by atoms with E-state index in [1.807, 2.05) is 18.2 Å². The van der Waals surface area contributed by atoms with Gasteiger partial charge < -0.3 is 21.4 Å². The zero-order chi connectivity index (χ0) is 15.2. The van der Waals surface area contributed by atoms with Gasteiger partial charge in [-0.3, -0.25) is 0 Å². The highest BCUT2D eigenvalue weighted by atomic mass is 16.4. The molecule has 0 amide bonds. The van der Waals surface area contributed by atoms with Gasteiger partial charge in [0.2, 0.25) is 0 Å². The molecule has 0 aliphatic heterocycles. The van der Waals surface area contributed by atoms with E-state index in [0.717, 1.165) is 19.3 Å². The molecule has 0 heterocycles. The fraction of sp³-hybridized carbons (Fsp3) is 0.500. The van der Waals surface area contributed by atoms with E-state index in [9.17, 15) is 9.90 Å². The lowest BCUT2D eigenvalue weighted by atomic mass is 9.77. The van der Waals surface area contributed by atoms with Crippen molar-refractivity contribution >= 4 is 11.9 Å². The zero-order valence-corrected chi connectivity index (χ0v) is 12.1. The van der Waals surface area contributed by atoms with E-state index >= 15 is 0 Å². The number of aliphatic imine (C=N–C) groups is 1. The molecule has 0 bridgehead atoms. The average molecular weight is 288 g/mol. The first-order valence-corrected chi connectivity index (χ1v) is 7.39. The molecule has 0 radical (unpaired) electrons. The Morgan fingerprint density at radius 3 is 2.33 bits per heavy atom. The SMILES string of the molecule is NC(N)=NC(Cc1ccccc1)C1CCC(C(=O)[O-])CC1. The number of nitrogens with two attached hydrogens (primary N) is 2. The van der Waals surface area contributed by atoms with Crippen molar-refractivity contribution in [1.29, 1.82) is 0 Å². The second-order valence-electron chi connectivity index (χ2n) is 5.74. The van der Waals surface area contributed by atoms with Crippen molar-refractivity contribution in [1.82, 2.24) is 0 Å². The molecule has 114 valence electrons. The van der Waals surface area contributed by atoms with E-state index in [-0.39, 0.29) is 17.9 Å². The van der Waals surface area contributed by atoms with Crippen molar-refractivity contribution in [3.8, 4) is 0 Å². The molecule has 1 aliphatic carbocycles. The summed E-state index contributed by atoms with van der Waals surface area (Å²) in [7, 11) is 0. The highest BCUT2D eigenvalue weighted by Gasteiger charge is 2.28. The maximum atomic E-state index is 10.9. The monoisotopic (exact) mass is 288 g/mol. The molecular formula is C16H22N3O2-. The van der Waals surface area contributed by atoms with Crippen molar-refractivity contribution in [3.05, 3.63) is 35.9 Å². The van der Waals surface area contributed by atoms with E-state index in [4.69, 9.17) is 11.5 Å². The molecule has 1 unspecified atom stereocenters. The van der Waals surface area contributed by atoms with Crippen LogP contribution in [-0.2, 0) is 11.2 Å². The largest absolute Gasteiger partial charge is 0.550 e. The Bertz CT molecular complexity index is 490. The van der Waals surface area contributed by atoms with Crippen LogP contribution in [0.15, 0.2) is 35.3 Å². The van der Waals surface area contributed by atoms with Crippen LogP contribution >= 0.6 is 0 Å². The molecule has 5 nitrogen and oxygen atoms in total. The van der Waals surface area contributed by atoms with Gasteiger partial charge in [-0.05, 0) is 49.5 Å². The van der Waals surface area contributed by atoms with Gasteiger partial charge in [0, 0.05) is 5.97 Å². The molecule has 0 saturated heterocycles. The Balaban J connectivity index is 2.04. The van der Waals surface area contributed by atoms with Gasteiger partial charge >= 0.3 is 0 Å². The lowest BCUT2D eigenvalue weighted by molar-refractivity contribution is -0.312. The number of carboxylic acid groups (broad SMARTS) is 1. The number of nitrogens with zero attached hydrogens (tertiary/aromatic N) is 1. The second kappa shape index (κ2) is 7.11. The molecule has 0 aromatic heterocycles. The third-order valence-electron chi connectivity index (χ3n) is 4.25. The number of carboxylic acids is 1. The van der Waals surface area contributed by atoms with Gasteiger partial charge in [-0.15, -0.1) is 0 Å². The summed E-state index contributed by atoms with van der Waals surface area (Å²) in [5.74, 6) is -0.839. The highest BCUT2D eigenvalue weighted by molar-refractivity contribution is 5.76. The lowest BCUT2D eigenvalue weighted by Gasteiger charge is -2.32. The highest BCUT2D eigenvalue weighted by Crippen LogP contribution is 2.33. The predicted octanol–water partition coefficient (Wildman–Crippen LogP) is 0.427. The molecule has 1 aromatic carbocycles. The number of rotatable bonds is 5. The number of hydrogen-bond acceptors (Lipinski definition) is 3. The number of aliphatic carboxylic acids is 1. The molecule has 0 spiro atoms. The van der Waals surface area contributed by atoms with Crippen molar-refractivity contribution in [2.75, 3.05) is 0 Å². The average Bonchev–Trinajstić information content (AvgIpc) is 2.47. The summed E-state index contributed by atoms with van der Waals surface area (Å²) in [5.41, 5.74) is 12.3. The maximum absolute atomic E-state index is 10.9. The second-order valence-corrected chi connectivity index (χ2v) is 5.74. The number of carbonyl (C=O) groups excluding carboxylic acids is 1. The fourth-order valence-corrected chi connectivity index (χ4v) is 3.10. The van der Waals surface area contributed by atoms with Gasteiger partial charge in [0.1, 0.15) is 0 Å². The number of carbonyl (C=O) groups is 1. The molecule has 1 aromatic rings. The third kappa shape index (κ3) is 4.48.